The Bertz CT molecular complexity index is 930. The normalized spacial score (nSPS) is 10.8. The lowest BCUT2D eigenvalue weighted by atomic mass is 10.1. The second-order valence-electron chi connectivity index (χ2n) is 6.72. The monoisotopic (exact) mass is 362 g/mol. The summed E-state index contributed by atoms with van der Waals surface area (Å²) in [6.07, 6.45) is 0. The molecular formula is C22H26N4O. The lowest BCUT2D eigenvalue weighted by Crippen LogP contribution is -2.14. The van der Waals surface area contributed by atoms with Gasteiger partial charge in [0.2, 0.25) is 0 Å². The molecule has 0 saturated carbocycles. The van der Waals surface area contributed by atoms with E-state index in [-0.39, 0.29) is 5.91 Å². The van der Waals surface area contributed by atoms with Crippen molar-refractivity contribution in [3.63, 3.8) is 0 Å². The number of carbonyl (C=O) groups is 1. The number of aryl methyl sites for hydroxylation is 2. The number of amides is 1. The first kappa shape index (κ1) is 18.9. The standard InChI is InChI=1S/C22H26N4O/c1-4-23-14-18-7-6-10-21(13-18)24-22(27)20-9-5-8-19(12-20)15-26-17(3)11-16(2)25-26/h5-13,23H,4,14-15H2,1-3H3,(H,24,27). The summed E-state index contributed by atoms with van der Waals surface area (Å²) >= 11 is 0. The predicted molar refractivity (Wildman–Crippen MR) is 109 cm³/mol. The summed E-state index contributed by atoms with van der Waals surface area (Å²) in [7, 11) is 0. The van der Waals surface area contributed by atoms with Gasteiger partial charge in [0.05, 0.1) is 12.2 Å². The van der Waals surface area contributed by atoms with E-state index in [0.29, 0.717) is 12.1 Å². The molecule has 2 N–H and O–H groups in total. The van der Waals surface area contributed by atoms with Crippen LogP contribution in [0.3, 0.4) is 0 Å². The first-order chi connectivity index (χ1) is 13.0. The van der Waals surface area contributed by atoms with Crippen LogP contribution >= 0.6 is 0 Å². The van der Waals surface area contributed by atoms with Crippen LogP contribution in [0.15, 0.2) is 54.6 Å². The molecule has 2 aromatic carbocycles. The molecule has 1 aromatic heterocycles. The summed E-state index contributed by atoms with van der Waals surface area (Å²) in [5.74, 6) is -0.106. The maximum absolute atomic E-state index is 12.7. The van der Waals surface area contributed by atoms with Gasteiger partial charge >= 0.3 is 0 Å². The largest absolute Gasteiger partial charge is 0.322 e. The summed E-state index contributed by atoms with van der Waals surface area (Å²) in [5.41, 5.74) is 5.76. The number of nitrogens with one attached hydrogen (secondary N) is 2. The van der Waals surface area contributed by atoms with Crippen LogP contribution in [0.25, 0.3) is 0 Å². The highest BCUT2D eigenvalue weighted by molar-refractivity contribution is 6.04. The van der Waals surface area contributed by atoms with E-state index >= 15 is 0 Å². The molecule has 5 heteroatoms. The lowest BCUT2D eigenvalue weighted by Gasteiger charge is -2.10. The molecule has 1 heterocycles. The molecule has 0 saturated heterocycles. The minimum atomic E-state index is -0.106. The van der Waals surface area contributed by atoms with E-state index in [2.05, 4.69) is 28.7 Å². The highest BCUT2D eigenvalue weighted by atomic mass is 16.1. The van der Waals surface area contributed by atoms with Gasteiger partial charge in [0.15, 0.2) is 0 Å². The Morgan fingerprint density at radius 1 is 1.04 bits per heavy atom. The van der Waals surface area contributed by atoms with Gasteiger partial charge in [-0.25, -0.2) is 0 Å². The Morgan fingerprint density at radius 3 is 2.56 bits per heavy atom. The van der Waals surface area contributed by atoms with E-state index in [0.717, 1.165) is 41.3 Å². The molecule has 0 bridgehead atoms. The number of hydrogen-bond donors (Lipinski definition) is 2. The van der Waals surface area contributed by atoms with Crippen LogP contribution in [0.2, 0.25) is 0 Å². The maximum Gasteiger partial charge on any atom is 0.255 e. The third kappa shape index (κ3) is 5.05. The van der Waals surface area contributed by atoms with E-state index in [1.807, 2.05) is 67.1 Å². The van der Waals surface area contributed by atoms with E-state index in [4.69, 9.17) is 0 Å². The molecule has 0 aliphatic rings. The van der Waals surface area contributed by atoms with Crippen LogP contribution in [0.5, 0.6) is 0 Å². The SMILES string of the molecule is CCNCc1cccc(NC(=O)c2cccc(Cn3nc(C)cc3C)c2)c1. The number of aromatic nitrogens is 2. The molecule has 3 aromatic rings. The van der Waals surface area contributed by atoms with E-state index in [1.54, 1.807) is 0 Å². The van der Waals surface area contributed by atoms with Crippen LogP contribution in [-0.2, 0) is 13.1 Å². The number of rotatable bonds is 7. The Balaban J connectivity index is 1.71. The fraction of sp³-hybridized carbons (Fsp3) is 0.273. The lowest BCUT2D eigenvalue weighted by molar-refractivity contribution is 0.102. The predicted octanol–water partition coefficient (Wildman–Crippen LogP) is 3.91. The third-order valence-electron chi connectivity index (χ3n) is 4.39. The average molecular weight is 362 g/mol. The molecular weight excluding hydrogens is 336 g/mol. The Labute approximate surface area is 160 Å². The second-order valence-corrected chi connectivity index (χ2v) is 6.72. The minimum absolute atomic E-state index is 0.106. The van der Waals surface area contributed by atoms with Crippen molar-refractivity contribution in [1.29, 1.82) is 0 Å². The average Bonchev–Trinajstić information content (AvgIpc) is 2.97. The molecule has 0 aliphatic heterocycles. The van der Waals surface area contributed by atoms with Gasteiger partial charge in [-0.15, -0.1) is 0 Å². The molecule has 0 aliphatic carbocycles. The van der Waals surface area contributed by atoms with Crippen molar-refractivity contribution >= 4 is 11.6 Å². The topological polar surface area (TPSA) is 58.9 Å². The van der Waals surface area contributed by atoms with Crippen molar-refractivity contribution in [2.45, 2.75) is 33.9 Å². The molecule has 0 radical (unpaired) electrons. The molecule has 3 rings (SSSR count). The molecule has 0 unspecified atom stereocenters. The quantitative estimate of drug-likeness (QED) is 0.670. The van der Waals surface area contributed by atoms with Gasteiger partial charge in [-0.2, -0.15) is 5.10 Å². The van der Waals surface area contributed by atoms with Crippen LogP contribution in [0.4, 0.5) is 5.69 Å². The number of benzene rings is 2. The summed E-state index contributed by atoms with van der Waals surface area (Å²) in [4.78, 5) is 12.7. The Hall–Kier alpha value is -2.92. The molecule has 5 nitrogen and oxygen atoms in total. The van der Waals surface area contributed by atoms with E-state index < -0.39 is 0 Å². The van der Waals surface area contributed by atoms with Gasteiger partial charge < -0.3 is 10.6 Å². The zero-order valence-corrected chi connectivity index (χ0v) is 16.1. The number of nitrogens with zero attached hydrogens (tertiary/aromatic N) is 2. The Kier molecular flexibility index (Phi) is 6.04. The molecule has 0 fully saturated rings. The first-order valence-corrected chi connectivity index (χ1v) is 9.26. The van der Waals surface area contributed by atoms with E-state index in [1.165, 1.54) is 0 Å². The highest BCUT2D eigenvalue weighted by Gasteiger charge is 2.09. The fourth-order valence-corrected chi connectivity index (χ4v) is 3.05. The zero-order chi connectivity index (χ0) is 19.2. The third-order valence-corrected chi connectivity index (χ3v) is 4.39. The zero-order valence-electron chi connectivity index (χ0n) is 16.1. The minimum Gasteiger partial charge on any atom is -0.322 e. The molecule has 0 atom stereocenters. The van der Waals surface area contributed by atoms with Crippen LogP contribution in [0, 0.1) is 13.8 Å². The number of hydrogen-bond acceptors (Lipinski definition) is 3. The Morgan fingerprint density at radius 2 is 1.81 bits per heavy atom. The van der Waals surface area contributed by atoms with Crippen LogP contribution in [0.1, 0.15) is 39.8 Å². The summed E-state index contributed by atoms with van der Waals surface area (Å²) < 4.78 is 1.95. The molecule has 1 amide bonds. The van der Waals surface area contributed by atoms with Crippen molar-refractivity contribution in [3.05, 3.63) is 82.7 Å². The van der Waals surface area contributed by atoms with Crippen LogP contribution < -0.4 is 10.6 Å². The van der Waals surface area contributed by atoms with Gasteiger partial charge in [-0.1, -0.05) is 31.2 Å². The smallest absolute Gasteiger partial charge is 0.255 e. The second kappa shape index (κ2) is 8.64. The molecule has 140 valence electrons. The number of anilines is 1. The van der Waals surface area contributed by atoms with Gasteiger partial charge in [0, 0.05) is 23.5 Å². The maximum atomic E-state index is 12.7. The van der Waals surface area contributed by atoms with Crippen molar-refractivity contribution in [1.82, 2.24) is 15.1 Å². The summed E-state index contributed by atoms with van der Waals surface area (Å²) in [6, 6.07) is 17.7. The highest BCUT2D eigenvalue weighted by Crippen LogP contribution is 2.14. The fourth-order valence-electron chi connectivity index (χ4n) is 3.05. The summed E-state index contributed by atoms with van der Waals surface area (Å²) in [5, 5.41) is 10.8. The molecule has 0 spiro atoms. The van der Waals surface area contributed by atoms with Gasteiger partial charge in [-0.05, 0) is 61.9 Å². The van der Waals surface area contributed by atoms with Gasteiger partial charge in [0.1, 0.15) is 0 Å². The summed E-state index contributed by atoms with van der Waals surface area (Å²) in [6.45, 7) is 8.45. The van der Waals surface area contributed by atoms with Gasteiger partial charge in [0.25, 0.3) is 5.91 Å². The van der Waals surface area contributed by atoms with Crippen LogP contribution in [-0.4, -0.2) is 22.2 Å². The first-order valence-electron chi connectivity index (χ1n) is 9.26. The molecule has 27 heavy (non-hydrogen) atoms. The van der Waals surface area contributed by atoms with Crippen molar-refractivity contribution in [2.75, 3.05) is 11.9 Å². The van der Waals surface area contributed by atoms with Crippen molar-refractivity contribution in [3.8, 4) is 0 Å². The van der Waals surface area contributed by atoms with Crippen molar-refractivity contribution in [2.24, 2.45) is 0 Å². The van der Waals surface area contributed by atoms with Gasteiger partial charge in [-0.3, -0.25) is 9.48 Å². The van der Waals surface area contributed by atoms with E-state index in [9.17, 15) is 4.79 Å². The van der Waals surface area contributed by atoms with Crippen molar-refractivity contribution < 1.29 is 4.79 Å². The number of carbonyl (C=O) groups excluding carboxylic acids is 1.